The van der Waals surface area contributed by atoms with Crippen LogP contribution in [-0.2, 0) is 0 Å². The summed E-state index contributed by atoms with van der Waals surface area (Å²) in [7, 11) is 1.85. The second-order valence-electron chi connectivity index (χ2n) is 4.74. The molecule has 6 heteroatoms. The molecule has 2 heterocycles. The molecular weight excluding hydrogens is 242 g/mol. The zero-order valence-electron chi connectivity index (χ0n) is 11.4. The summed E-state index contributed by atoms with van der Waals surface area (Å²) in [6.07, 6.45) is 7.56. The van der Waals surface area contributed by atoms with Gasteiger partial charge in [-0.2, -0.15) is 0 Å². The van der Waals surface area contributed by atoms with Gasteiger partial charge in [-0.15, -0.1) is 0 Å². The van der Waals surface area contributed by atoms with Crippen LogP contribution in [0.5, 0.6) is 0 Å². The summed E-state index contributed by atoms with van der Waals surface area (Å²) in [5, 5.41) is 15.3. The third kappa shape index (κ3) is 3.35. The Balaban J connectivity index is 2.01. The topological polar surface area (TPSA) is 74.5 Å². The van der Waals surface area contributed by atoms with Crippen molar-refractivity contribution in [2.45, 2.75) is 19.8 Å². The van der Waals surface area contributed by atoms with E-state index in [0.717, 1.165) is 36.7 Å². The lowest BCUT2D eigenvalue weighted by atomic mass is 10.1. The summed E-state index contributed by atoms with van der Waals surface area (Å²) in [5.41, 5.74) is 0.828. The van der Waals surface area contributed by atoms with Crippen LogP contribution in [0.1, 0.15) is 19.8 Å². The number of aliphatic hydroxyl groups excluding tert-OH is 1. The summed E-state index contributed by atoms with van der Waals surface area (Å²) in [6.45, 7) is 3.12. The molecule has 0 aliphatic carbocycles. The van der Waals surface area contributed by atoms with Gasteiger partial charge in [-0.05, 0) is 18.8 Å². The maximum absolute atomic E-state index is 8.98. The Morgan fingerprint density at radius 3 is 3.05 bits per heavy atom. The van der Waals surface area contributed by atoms with Gasteiger partial charge in [-0.3, -0.25) is 0 Å². The molecule has 2 aromatic rings. The fourth-order valence-electron chi connectivity index (χ4n) is 1.92. The van der Waals surface area contributed by atoms with Crippen molar-refractivity contribution < 1.29 is 5.11 Å². The van der Waals surface area contributed by atoms with Crippen LogP contribution in [-0.4, -0.2) is 39.7 Å². The molecule has 0 saturated carbocycles. The molecule has 2 aromatic heterocycles. The number of hydrogen-bond donors (Lipinski definition) is 3. The standard InChI is InChI=1S/C13H21N5O/c1-10(9-19)4-3-5-15-12-13-16-6-7-18(13)8-11(14-2)17-12/h6-8,10,14,19H,3-5,9H2,1-2H3,(H,15,17). The molecule has 0 saturated heterocycles. The van der Waals surface area contributed by atoms with E-state index in [1.54, 1.807) is 6.20 Å². The molecule has 0 fully saturated rings. The van der Waals surface area contributed by atoms with Crippen LogP contribution >= 0.6 is 0 Å². The number of rotatable bonds is 7. The van der Waals surface area contributed by atoms with Crippen molar-refractivity contribution >= 4 is 17.3 Å². The lowest BCUT2D eigenvalue weighted by Gasteiger charge is -2.10. The number of imidazole rings is 1. The Morgan fingerprint density at radius 1 is 1.47 bits per heavy atom. The molecule has 0 aliphatic rings. The number of anilines is 2. The van der Waals surface area contributed by atoms with Gasteiger partial charge in [0.25, 0.3) is 0 Å². The van der Waals surface area contributed by atoms with Gasteiger partial charge in [-0.1, -0.05) is 6.92 Å². The smallest absolute Gasteiger partial charge is 0.180 e. The van der Waals surface area contributed by atoms with Crippen molar-refractivity contribution in [2.24, 2.45) is 5.92 Å². The minimum atomic E-state index is 0.248. The van der Waals surface area contributed by atoms with E-state index < -0.39 is 0 Å². The van der Waals surface area contributed by atoms with Gasteiger partial charge in [-0.25, -0.2) is 9.97 Å². The Morgan fingerprint density at radius 2 is 2.32 bits per heavy atom. The summed E-state index contributed by atoms with van der Waals surface area (Å²) >= 11 is 0. The zero-order chi connectivity index (χ0) is 13.7. The number of aliphatic hydroxyl groups is 1. The molecule has 0 radical (unpaired) electrons. The lowest BCUT2D eigenvalue weighted by Crippen LogP contribution is -2.09. The van der Waals surface area contributed by atoms with E-state index in [9.17, 15) is 0 Å². The van der Waals surface area contributed by atoms with Gasteiger partial charge in [0, 0.05) is 32.6 Å². The Hall–Kier alpha value is -1.82. The molecule has 1 unspecified atom stereocenters. The summed E-state index contributed by atoms with van der Waals surface area (Å²) < 4.78 is 1.94. The van der Waals surface area contributed by atoms with Gasteiger partial charge in [0.1, 0.15) is 5.82 Å². The van der Waals surface area contributed by atoms with E-state index in [2.05, 4.69) is 20.6 Å². The summed E-state index contributed by atoms with van der Waals surface area (Å²) in [4.78, 5) is 8.77. The maximum Gasteiger partial charge on any atom is 0.180 e. The predicted octanol–water partition coefficient (Wildman–Crippen LogP) is 1.59. The highest BCUT2D eigenvalue weighted by Crippen LogP contribution is 2.16. The van der Waals surface area contributed by atoms with Gasteiger partial charge < -0.3 is 20.1 Å². The monoisotopic (exact) mass is 263 g/mol. The average Bonchev–Trinajstić information content (AvgIpc) is 2.91. The normalized spacial score (nSPS) is 12.6. The van der Waals surface area contributed by atoms with E-state index in [4.69, 9.17) is 5.11 Å². The maximum atomic E-state index is 8.98. The number of hydrogen-bond acceptors (Lipinski definition) is 5. The van der Waals surface area contributed by atoms with Gasteiger partial charge in [0.15, 0.2) is 11.5 Å². The first kappa shape index (κ1) is 13.6. The molecule has 0 amide bonds. The second-order valence-corrected chi connectivity index (χ2v) is 4.74. The molecular formula is C13H21N5O. The van der Waals surface area contributed by atoms with Crippen molar-refractivity contribution in [3.05, 3.63) is 18.6 Å². The second kappa shape index (κ2) is 6.38. The third-order valence-corrected chi connectivity index (χ3v) is 3.11. The fraction of sp³-hybridized carbons (Fsp3) is 0.538. The van der Waals surface area contributed by atoms with Gasteiger partial charge in [0.2, 0.25) is 0 Å². The highest BCUT2D eigenvalue weighted by Gasteiger charge is 2.06. The van der Waals surface area contributed by atoms with Crippen molar-refractivity contribution in [1.29, 1.82) is 0 Å². The quantitative estimate of drug-likeness (QED) is 0.662. The Labute approximate surface area is 112 Å². The first-order chi connectivity index (χ1) is 9.24. The molecule has 0 spiro atoms. The Bertz CT molecular complexity index is 525. The number of nitrogens with one attached hydrogen (secondary N) is 2. The molecule has 3 N–H and O–H groups in total. The van der Waals surface area contributed by atoms with Crippen LogP contribution in [0, 0.1) is 5.92 Å². The van der Waals surface area contributed by atoms with E-state index in [1.807, 2.05) is 30.8 Å². The van der Waals surface area contributed by atoms with Crippen LogP contribution in [0.15, 0.2) is 18.6 Å². The van der Waals surface area contributed by atoms with E-state index in [1.165, 1.54) is 0 Å². The zero-order valence-corrected chi connectivity index (χ0v) is 11.4. The van der Waals surface area contributed by atoms with E-state index in [0.29, 0.717) is 5.92 Å². The first-order valence-corrected chi connectivity index (χ1v) is 6.60. The van der Waals surface area contributed by atoms with Crippen LogP contribution in [0.25, 0.3) is 5.65 Å². The highest BCUT2D eigenvalue weighted by atomic mass is 16.3. The molecule has 2 rings (SSSR count). The van der Waals surface area contributed by atoms with Gasteiger partial charge in [0.05, 0.1) is 6.20 Å². The van der Waals surface area contributed by atoms with Crippen LogP contribution in [0.2, 0.25) is 0 Å². The lowest BCUT2D eigenvalue weighted by molar-refractivity contribution is 0.229. The SMILES string of the molecule is CNc1cn2ccnc2c(NCCCC(C)CO)n1. The molecule has 104 valence electrons. The van der Waals surface area contributed by atoms with Crippen molar-refractivity contribution in [1.82, 2.24) is 14.4 Å². The summed E-state index contributed by atoms with van der Waals surface area (Å²) in [5.74, 6) is 1.94. The molecule has 0 bridgehead atoms. The summed E-state index contributed by atoms with van der Waals surface area (Å²) in [6, 6.07) is 0. The van der Waals surface area contributed by atoms with Crippen LogP contribution in [0.3, 0.4) is 0 Å². The van der Waals surface area contributed by atoms with E-state index in [-0.39, 0.29) is 6.61 Å². The molecule has 0 aliphatic heterocycles. The third-order valence-electron chi connectivity index (χ3n) is 3.11. The molecule has 0 aromatic carbocycles. The van der Waals surface area contributed by atoms with Crippen molar-refractivity contribution in [3.63, 3.8) is 0 Å². The van der Waals surface area contributed by atoms with Crippen molar-refractivity contribution in [2.75, 3.05) is 30.8 Å². The molecule has 1 atom stereocenters. The van der Waals surface area contributed by atoms with Crippen LogP contribution < -0.4 is 10.6 Å². The minimum absolute atomic E-state index is 0.248. The largest absolute Gasteiger partial charge is 0.396 e. The van der Waals surface area contributed by atoms with E-state index >= 15 is 0 Å². The number of fused-ring (bicyclic) bond motifs is 1. The minimum Gasteiger partial charge on any atom is -0.396 e. The fourth-order valence-corrected chi connectivity index (χ4v) is 1.92. The van der Waals surface area contributed by atoms with Crippen molar-refractivity contribution in [3.8, 4) is 0 Å². The molecule has 19 heavy (non-hydrogen) atoms. The number of nitrogens with zero attached hydrogens (tertiary/aromatic N) is 3. The Kier molecular flexibility index (Phi) is 4.57. The van der Waals surface area contributed by atoms with Crippen LogP contribution in [0.4, 0.5) is 11.6 Å². The highest BCUT2D eigenvalue weighted by molar-refractivity contribution is 5.65. The average molecular weight is 263 g/mol. The predicted molar refractivity (Wildman–Crippen MR) is 76.5 cm³/mol. The van der Waals surface area contributed by atoms with Gasteiger partial charge >= 0.3 is 0 Å². The molecule has 6 nitrogen and oxygen atoms in total. The number of aromatic nitrogens is 3. The first-order valence-electron chi connectivity index (χ1n) is 6.60.